The molecule has 4 aromatic rings. The van der Waals surface area contributed by atoms with Crippen molar-refractivity contribution in [2.24, 2.45) is 5.92 Å². The first-order valence-corrected chi connectivity index (χ1v) is 10.9. The molecule has 35 heavy (non-hydrogen) atoms. The maximum absolute atomic E-state index is 12.6. The molecule has 5 rings (SSSR count). The van der Waals surface area contributed by atoms with Gasteiger partial charge in [0.15, 0.2) is 17.2 Å². The second kappa shape index (κ2) is 9.56. The topological polar surface area (TPSA) is 150 Å². The Balaban J connectivity index is 1.14. The molecule has 1 saturated heterocycles. The van der Waals surface area contributed by atoms with Crippen LogP contribution in [-0.2, 0) is 4.79 Å². The van der Waals surface area contributed by atoms with Crippen molar-refractivity contribution in [1.82, 2.24) is 21.0 Å². The van der Waals surface area contributed by atoms with Crippen molar-refractivity contribution < 1.29 is 22.9 Å². The summed E-state index contributed by atoms with van der Waals surface area (Å²) < 4.78 is 16.3. The summed E-state index contributed by atoms with van der Waals surface area (Å²) in [5.74, 6) is 0.265. The number of furan rings is 1. The predicted octanol–water partition coefficient (Wildman–Crippen LogP) is 3.14. The first-order valence-electron chi connectivity index (χ1n) is 10.9. The molecule has 0 radical (unpaired) electrons. The fraction of sp³-hybridized carbons (Fsp3) is 0.208. The van der Waals surface area contributed by atoms with Crippen LogP contribution in [0.1, 0.15) is 29.0 Å². The molecular formula is C24H20N6O5. The maximum atomic E-state index is 12.6. The lowest BCUT2D eigenvalue weighted by molar-refractivity contribution is -0.126. The minimum absolute atomic E-state index is 0.0562. The molecule has 11 heteroatoms. The van der Waals surface area contributed by atoms with E-state index in [4.69, 9.17) is 13.4 Å². The Morgan fingerprint density at radius 3 is 2.57 bits per heavy atom. The molecule has 0 unspecified atom stereocenters. The number of anilines is 1. The Bertz CT molecular complexity index is 1360. The number of hydrogen-bond acceptors (Lipinski definition) is 9. The third kappa shape index (κ3) is 4.63. The average Bonchev–Trinajstić information content (AvgIpc) is 3.68. The van der Waals surface area contributed by atoms with Gasteiger partial charge in [-0.1, -0.05) is 35.5 Å². The van der Waals surface area contributed by atoms with Crippen molar-refractivity contribution in [3.8, 4) is 29.0 Å². The van der Waals surface area contributed by atoms with Gasteiger partial charge in [-0.3, -0.25) is 20.4 Å². The Kier molecular flexibility index (Phi) is 6.00. The van der Waals surface area contributed by atoms with E-state index in [1.165, 1.54) is 12.3 Å². The van der Waals surface area contributed by atoms with Gasteiger partial charge in [-0.2, -0.15) is 10.2 Å². The van der Waals surface area contributed by atoms with Crippen LogP contribution in [0, 0.1) is 17.2 Å². The van der Waals surface area contributed by atoms with E-state index in [0.29, 0.717) is 43.3 Å². The molecule has 1 fully saturated rings. The molecule has 0 aliphatic carbocycles. The molecule has 1 aliphatic rings. The number of nitrogens with zero attached hydrogens (tertiary/aromatic N) is 4. The highest BCUT2D eigenvalue weighted by molar-refractivity contribution is 5.94. The Labute approximate surface area is 199 Å². The van der Waals surface area contributed by atoms with E-state index >= 15 is 0 Å². The van der Waals surface area contributed by atoms with Gasteiger partial charge in [0.25, 0.3) is 11.8 Å². The number of nitriles is 1. The van der Waals surface area contributed by atoms with Gasteiger partial charge in [-0.15, -0.1) is 0 Å². The summed E-state index contributed by atoms with van der Waals surface area (Å²) in [4.78, 5) is 31.0. The number of oxazole rings is 1. The molecule has 1 aromatic carbocycles. The summed E-state index contributed by atoms with van der Waals surface area (Å²) >= 11 is 0. The van der Waals surface area contributed by atoms with Crippen LogP contribution in [0.25, 0.3) is 23.0 Å². The molecule has 176 valence electrons. The molecule has 2 N–H and O–H groups in total. The van der Waals surface area contributed by atoms with Crippen LogP contribution in [0.4, 0.5) is 5.88 Å². The van der Waals surface area contributed by atoms with Crippen LogP contribution in [0.15, 0.2) is 68.2 Å². The monoisotopic (exact) mass is 472 g/mol. The second-order valence-corrected chi connectivity index (χ2v) is 7.91. The number of carbonyl (C=O) groups excluding carboxylic acids is 2. The van der Waals surface area contributed by atoms with E-state index in [1.807, 2.05) is 41.3 Å². The highest BCUT2D eigenvalue weighted by Crippen LogP contribution is 2.31. The average molecular weight is 472 g/mol. The number of hydrazine groups is 1. The lowest BCUT2D eigenvalue weighted by atomic mass is 9.96. The summed E-state index contributed by atoms with van der Waals surface area (Å²) in [6.07, 6.45) is 2.51. The van der Waals surface area contributed by atoms with Crippen molar-refractivity contribution in [1.29, 1.82) is 5.26 Å². The summed E-state index contributed by atoms with van der Waals surface area (Å²) in [6, 6.07) is 16.2. The number of piperidine rings is 1. The molecule has 11 nitrogen and oxygen atoms in total. The molecule has 4 heterocycles. The van der Waals surface area contributed by atoms with Crippen LogP contribution in [0.3, 0.4) is 0 Å². The Hall–Kier alpha value is -4.85. The van der Waals surface area contributed by atoms with Gasteiger partial charge >= 0.3 is 0 Å². The van der Waals surface area contributed by atoms with E-state index < -0.39 is 5.91 Å². The number of aromatic nitrogens is 2. The SMILES string of the molecule is N#Cc1nc(-c2ccco2)oc1N1CCC(C(=O)NNC(=O)c2cc(-c3ccccc3)on2)CC1. The highest BCUT2D eigenvalue weighted by atomic mass is 16.5. The maximum Gasteiger partial charge on any atom is 0.291 e. The number of hydrogen-bond donors (Lipinski definition) is 2. The summed E-state index contributed by atoms with van der Waals surface area (Å²) in [6.45, 7) is 0.967. The molecule has 0 saturated carbocycles. The predicted molar refractivity (Wildman–Crippen MR) is 121 cm³/mol. The Morgan fingerprint density at radius 2 is 1.86 bits per heavy atom. The minimum Gasteiger partial charge on any atom is -0.459 e. The van der Waals surface area contributed by atoms with Crippen LogP contribution in [0.5, 0.6) is 0 Å². The van der Waals surface area contributed by atoms with Gasteiger partial charge in [0.05, 0.1) is 6.26 Å². The molecule has 0 atom stereocenters. The van der Waals surface area contributed by atoms with Gasteiger partial charge in [0.2, 0.25) is 17.5 Å². The van der Waals surface area contributed by atoms with Crippen LogP contribution in [0.2, 0.25) is 0 Å². The summed E-state index contributed by atoms with van der Waals surface area (Å²) in [5, 5.41) is 13.2. The largest absolute Gasteiger partial charge is 0.459 e. The summed E-state index contributed by atoms with van der Waals surface area (Å²) in [7, 11) is 0. The zero-order chi connectivity index (χ0) is 24.2. The van der Waals surface area contributed by atoms with Crippen molar-refractivity contribution in [3.05, 3.63) is 66.2 Å². The fourth-order valence-electron chi connectivity index (χ4n) is 3.85. The third-order valence-electron chi connectivity index (χ3n) is 5.70. The third-order valence-corrected chi connectivity index (χ3v) is 5.70. The lowest BCUT2D eigenvalue weighted by Crippen LogP contribution is -2.47. The second-order valence-electron chi connectivity index (χ2n) is 7.91. The zero-order valence-electron chi connectivity index (χ0n) is 18.4. The van der Waals surface area contributed by atoms with E-state index in [1.54, 1.807) is 12.1 Å². The fourth-order valence-corrected chi connectivity index (χ4v) is 3.85. The first-order chi connectivity index (χ1) is 17.1. The van der Waals surface area contributed by atoms with Crippen molar-refractivity contribution >= 4 is 17.7 Å². The normalized spacial score (nSPS) is 13.9. The molecule has 0 spiro atoms. The number of nitrogens with one attached hydrogen (secondary N) is 2. The van der Waals surface area contributed by atoms with E-state index in [0.717, 1.165) is 5.56 Å². The minimum atomic E-state index is -0.576. The van der Waals surface area contributed by atoms with E-state index in [-0.39, 0.29) is 29.1 Å². The lowest BCUT2D eigenvalue weighted by Gasteiger charge is -2.30. The van der Waals surface area contributed by atoms with Crippen LogP contribution >= 0.6 is 0 Å². The molecule has 1 aliphatic heterocycles. The number of amides is 2. The molecule has 0 bridgehead atoms. The summed E-state index contributed by atoms with van der Waals surface area (Å²) in [5.41, 5.74) is 5.85. The van der Waals surface area contributed by atoms with Crippen molar-refractivity contribution in [2.45, 2.75) is 12.8 Å². The quantitative estimate of drug-likeness (QED) is 0.417. The van der Waals surface area contributed by atoms with Gasteiger partial charge < -0.3 is 18.3 Å². The molecule has 2 amide bonds. The number of benzene rings is 1. The van der Waals surface area contributed by atoms with Gasteiger partial charge in [0.1, 0.15) is 6.07 Å². The standard InChI is InChI=1S/C24H20N6O5/c25-14-18-24(34-23(26-18)19-7-4-12-33-19)30-10-8-16(9-11-30)21(31)27-28-22(32)17-13-20(35-29-17)15-5-2-1-3-6-15/h1-7,12-13,16H,8-11H2,(H,27,31)(H,28,32). The zero-order valence-corrected chi connectivity index (χ0v) is 18.4. The highest BCUT2D eigenvalue weighted by Gasteiger charge is 2.29. The number of carbonyl (C=O) groups is 2. The number of rotatable bonds is 5. The first kappa shape index (κ1) is 22.0. The van der Waals surface area contributed by atoms with Gasteiger partial charge in [-0.05, 0) is 25.0 Å². The van der Waals surface area contributed by atoms with Crippen LogP contribution in [-0.4, -0.2) is 35.0 Å². The van der Waals surface area contributed by atoms with Crippen molar-refractivity contribution in [3.63, 3.8) is 0 Å². The van der Waals surface area contributed by atoms with Crippen molar-refractivity contribution in [2.75, 3.05) is 18.0 Å². The van der Waals surface area contributed by atoms with Crippen LogP contribution < -0.4 is 15.8 Å². The smallest absolute Gasteiger partial charge is 0.291 e. The van der Waals surface area contributed by atoms with Gasteiger partial charge in [0, 0.05) is 30.6 Å². The van der Waals surface area contributed by atoms with Gasteiger partial charge in [-0.25, -0.2) is 0 Å². The molecule has 3 aromatic heterocycles. The van der Waals surface area contributed by atoms with E-state index in [9.17, 15) is 14.9 Å². The molecular weight excluding hydrogens is 452 g/mol. The van der Waals surface area contributed by atoms with E-state index in [2.05, 4.69) is 21.0 Å². The Morgan fingerprint density at radius 1 is 1.06 bits per heavy atom.